The van der Waals surface area contributed by atoms with Gasteiger partial charge in [0.25, 0.3) is 0 Å². The summed E-state index contributed by atoms with van der Waals surface area (Å²) in [5.41, 5.74) is 1.17. The maximum atomic E-state index is 12.2. The van der Waals surface area contributed by atoms with Gasteiger partial charge in [0.2, 0.25) is 5.91 Å². The van der Waals surface area contributed by atoms with Gasteiger partial charge >= 0.3 is 0 Å². The van der Waals surface area contributed by atoms with Gasteiger partial charge in [0, 0.05) is 25.6 Å². The molecular formula is C21H34N2O3. The molecule has 5 heteroatoms. The maximum absolute atomic E-state index is 12.2. The number of rotatable bonds is 10. The van der Waals surface area contributed by atoms with Crippen molar-refractivity contribution in [3.8, 4) is 5.75 Å². The Morgan fingerprint density at radius 3 is 2.65 bits per heavy atom. The van der Waals surface area contributed by atoms with Crippen LogP contribution in [0.25, 0.3) is 0 Å². The molecule has 0 spiro atoms. The molecule has 0 saturated carbocycles. The zero-order valence-electron chi connectivity index (χ0n) is 16.5. The van der Waals surface area contributed by atoms with Gasteiger partial charge in [-0.05, 0) is 64.8 Å². The Morgan fingerprint density at radius 1 is 1.23 bits per heavy atom. The third-order valence-electron chi connectivity index (χ3n) is 4.79. The van der Waals surface area contributed by atoms with Crippen LogP contribution in [0.2, 0.25) is 0 Å². The number of carbonyl (C=O) groups is 1. The molecule has 146 valence electrons. The van der Waals surface area contributed by atoms with Crippen LogP contribution in [0, 0.1) is 12.8 Å². The molecule has 5 nitrogen and oxygen atoms in total. The zero-order chi connectivity index (χ0) is 18.8. The highest BCUT2D eigenvalue weighted by molar-refractivity contribution is 5.78. The third-order valence-corrected chi connectivity index (χ3v) is 4.79. The summed E-state index contributed by atoms with van der Waals surface area (Å²) < 4.78 is 11.4. The van der Waals surface area contributed by atoms with E-state index in [4.69, 9.17) is 9.47 Å². The molecule has 0 atom stereocenters. The average Bonchev–Trinajstić information content (AvgIpc) is 2.63. The van der Waals surface area contributed by atoms with E-state index < -0.39 is 0 Å². The SMILES string of the molecule is Cc1ccccc1OCCN1CCC(C(=O)NCCCOC(C)C)CC1. The molecule has 1 amide bonds. The lowest BCUT2D eigenvalue weighted by molar-refractivity contribution is -0.126. The number of hydrogen-bond donors (Lipinski definition) is 1. The van der Waals surface area contributed by atoms with Crippen LogP contribution in [0.4, 0.5) is 0 Å². The number of likely N-dealkylation sites (tertiary alicyclic amines) is 1. The van der Waals surface area contributed by atoms with E-state index in [-0.39, 0.29) is 17.9 Å². The van der Waals surface area contributed by atoms with E-state index in [1.54, 1.807) is 0 Å². The van der Waals surface area contributed by atoms with Crippen LogP contribution in [0.3, 0.4) is 0 Å². The number of benzene rings is 1. The van der Waals surface area contributed by atoms with Gasteiger partial charge in [0.15, 0.2) is 0 Å². The van der Waals surface area contributed by atoms with E-state index in [1.165, 1.54) is 5.56 Å². The highest BCUT2D eigenvalue weighted by Gasteiger charge is 2.24. The molecule has 1 heterocycles. The second-order valence-corrected chi connectivity index (χ2v) is 7.29. The molecule has 1 aromatic rings. The summed E-state index contributed by atoms with van der Waals surface area (Å²) >= 11 is 0. The van der Waals surface area contributed by atoms with Gasteiger partial charge in [-0.15, -0.1) is 0 Å². The van der Waals surface area contributed by atoms with Crippen molar-refractivity contribution in [2.24, 2.45) is 5.92 Å². The van der Waals surface area contributed by atoms with Crippen molar-refractivity contribution in [2.75, 3.05) is 39.4 Å². The van der Waals surface area contributed by atoms with Crippen LogP contribution in [0.5, 0.6) is 5.75 Å². The van der Waals surface area contributed by atoms with Crippen LogP contribution in [-0.2, 0) is 9.53 Å². The molecule has 1 aromatic carbocycles. The van der Waals surface area contributed by atoms with Crippen molar-refractivity contribution in [2.45, 2.75) is 46.1 Å². The topological polar surface area (TPSA) is 50.8 Å². The fourth-order valence-corrected chi connectivity index (χ4v) is 3.17. The molecule has 1 N–H and O–H groups in total. The van der Waals surface area contributed by atoms with Gasteiger partial charge in [-0.3, -0.25) is 9.69 Å². The lowest BCUT2D eigenvalue weighted by Gasteiger charge is -2.31. The van der Waals surface area contributed by atoms with Crippen molar-refractivity contribution >= 4 is 5.91 Å². The normalized spacial score (nSPS) is 16.0. The Hall–Kier alpha value is -1.59. The fourth-order valence-electron chi connectivity index (χ4n) is 3.17. The number of piperidine rings is 1. The van der Waals surface area contributed by atoms with E-state index >= 15 is 0 Å². The molecule has 1 aliphatic heterocycles. The predicted octanol–water partition coefficient (Wildman–Crippen LogP) is 3.02. The second-order valence-electron chi connectivity index (χ2n) is 7.29. The Morgan fingerprint density at radius 2 is 1.96 bits per heavy atom. The number of amides is 1. The van der Waals surface area contributed by atoms with Gasteiger partial charge in [0.1, 0.15) is 12.4 Å². The van der Waals surface area contributed by atoms with Crippen molar-refractivity contribution in [1.82, 2.24) is 10.2 Å². The molecule has 0 radical (unpaired) electrons. The maximum Gasteiger partial charge on any atom is 0.223 e. The first-order chi connectivity index (χ1) is 12.6. The van der Waals surface area contributed by atoms with Crippen molar-refractivity contribution < 1.29 is 14.3 Å². The van der Waals surface area contributed by atoms with Crippen LogP contribution in [0.1, 0.15) is 38.7 Å². The molecule has 1 saturated heterocycles. The molecule has 1 aliphatic rings. The number of ether oxygens (including phenoxy) is 2. The molecule has 26 heavy (non-hydrogen) atoms. The van der Waals surface area contributed by atoms with E-state index in [9.17, 15) is 4.79 Å². The smallest absolute Gasteiger partial charge is 0.223 e. The zero-order valence-corrected chi connectivity index (χ0v) is 16.5. The number of nitrogens with one attached hydrogen (secondary N) is 1. The number of para-hydroxylation sites is 1. The summed E-state index contributed by atoms with van der Waals surface area (Å²) in [6.07, 6.45) is 2.99. The Balaban J connectivity index is 1.57. The predicted molar refractivity (Wildman–Crippen MR) is 105 cm³/mol. The fraction of sp³-hybridized carbons (Fsp3) is 0.667. The van der Waals surface area contributed by atoms with Crippen LogP contribution in [-0.4, -0.2) is 56.3 Å². The van der Waals surface area contributed by atoms with Crippen molar-refractivity contribution in [1.29, 1.82) is 0 Å². The van der Waals surface area contributed by atoms with E-state index in [2.05, 4.69) is 23.2 Å². The van der Waals surface area contributed by atoms with Gasteiger partial charge in [-0.2, -0.15) is 0 Å². The molecule has 0 unspecified atom stereocenters. The summed E-state index contributed by atoms with van der Waals surface area (Å²) in [6.45, 7) is 11.1. The minimum absolute atomic E-state index is 0.148. The van der Waals surface area contributed by atoms with E-state index in [1.807, 2.05) is 32.0 Å². The van der Waals surface area contributed by atoms with E-state index in [0.717, 1.165) is 44.6 Å². The van der Waals surface area contributed by atoms with Crippen molar-refractivity contribution in [3.63, 3.8) is 0 Å². The number of carbonyl (C=O) groups excluding carboxylic acids is 1. The van der Waals surface area contributed by atoms with Gasteiger partial charge in [-0.25, -0.2) is 0 Å². The first-order valence-corrected chi connectivity index (χ1v) is 9.86. The Bertz CT molecular complexity index is 540. The highest BCUT2D eigenvalue weighted by atomic mass is 16.5. The van der Waals surface area contributed by atoms with Crippen LogP contribution in [0.15, 0.2) is 24.3 Å². The summed E-state index contributed by atoms with van der Waals surface area (Å²) in [5, 5.41) is 3.05. The second kappa shape index (κ2) is 11.2. The molecule has 0 aromatic heterocycles. The van der Waals surface area contributed by atoms with Crippen LogP contribution < -0.4 is 10.1 Å². The number of aryl methyl sites for hydroxylation is 1. The summed E-state index contributed by atoms with van der Waals surface area (Å²) in [6, 6.07) is 8.10. The summed E-state index contributed by atoms with van der Waals surface area (Å²) in [7, 11) is 0. The monoisotopic (exact) mass is 362 g/mol. The molecule has 1 fully saturated rings. The van der Waals surface area contributed by atoms with Gasteiger partial charge in [0.05, 0.1) is 6.10 Å². The molecular weight excluding hydrogens is 328 g/mol. The minimum Gasteiger partial charge on any atom is -0.492 e. The van der Waals surface area contributed by atoms with Gasteiger partial charge in [-0.1, -0.05) is 18.2 Å². The Kier molecular flexibility index (Phi) is 8.92. The van der Waals surface area contributed by atoms with E-state index in [0.29, 0.717) is 19.8 Å². The Labute approximate surface area is 158 Å². The largest absolute Gasteiger partial charge is 0.492 e. The molecule has 2 rings (SSSR count). The third kappa shape index (κ3) is 7.34. The highest BCUT2D eigenvalue weighted by Crippen LogP contribution is 2.18. The average molecular weight is 363 g/mol. The van der Waals surface area contributed by atoms with Crippen molar-refractivity contribution in [3.05, 3.63) is 29.8 Å². The molecule has 0 aliphatic carbocycles. The minimum atomic E-state index is 0.148. The quantitative estimate of drug-likeness (QED) is 0.650. The summed E-state index contributed by atoms with van der Waals surface area (Å²) in [4.78, 5) is 14.6. The number of hydrogen-bond acceptors (Lipinski definition) is 4. The lowest BCUT2D eigenvalue weighted by atomic mass is 9.96. The first-order valence-electron chi connectivity index (χ1n) is 9.86. The number of nitrogens with zero attached hydrogens (tertiary/aromatic N) is 1. The summed E-state index contributed by atoms with van der Waals surface area (Å²) in [5.74, 6) is 1.31. The van der Waals surface area contributed by atoms with Crippen LogP contribution >= 0.6 is 0 Å². The lowest BCUT2D eigenvalue weighted by Crippen LogP contribution is -2.42. The first kappa shape index (κ1) is 20.7. The molecule has 0 bridgehead atoms. The van der Waals surface area contributed by atoms with Gasteiger partial charge < -0.3 is 14.8 Å². The standard InChI is InChI=1S/C21H34N2O3/c1-17(2)25-15-6-11-22-21(24)19-9-12-23(13-10-19)14-16-26-20-8-5-4-7-18(20)3/h4-5,7-8,17,19H,6,9-16H2,1-3H3,(H,22,24).